The van der Waals surface area contributed by atoms with Gasteiger partial charge in [-0.1, -0.05) is 30.2 Å². The molecule has 4 rings (SSSR count). The number of nitrogens with zero attached hydrogens (tertiary/aromatic N) is 4. The zero-order chi connectivity index (χ0) is 24.2. The second-order valence-electron chi connectivity index (χ2n) is 8.94. The summed E-state index contributed by atoms with van der Waals surface area (Å²) in [4.78, 5) is 29.2. The normalized spacial score (nSPS) is 13.2. The smallest absolute Gasteiger partial charge is 0.274 e. The zero-order valence-electron chi connectivity index (χ0n) is 20.1. The summed E-state index contributed by atoms with van der Waals surface area (Å²) in [6.07, 6.45) is 5.08. The van der Waals surface area contributed by atoms with Crippen molar-refractivity contribution in [1.29, 1.82) is 0 Å². The number of benzene rings is 2. The molecule has 0 saturated heterocycles. The third-order valence-corrected chi connectivity index (χ3v) is 6.61. The van der Waals surface area contributed by atoms with E-state index < -0.39 is 0 Å². The van der Waals surface area contributed by atoms with Crippen LogP contribution in [0.15, 0.2) is 48.5 Å². The molecule has 7 heteroatoms. The standard InChI is InChI=1S/C27H31ClN4O2/c1-4-31(18-19-10-12-20(13-11-19)26(33)30(2)3)27(34)25-23-8-6-5-7-9-24(23)32(29-25)22-16-14-21(28)15-17-22/h10-17H,4-9,18H2,1-3H3. The van der Waals surface area contributed by atoms with E-state index in [0.717, 1.165) is 54.6 Å². The van der Waals surface area contributed by atoms with Gasteiger partial charge in [0.05, 0.1) is 5.69 Å². The van der Waals surface area contributed by atoms with E-state index in [0.29, 0.717) is 29.4 Å². The van der Waals surface area contributed by atoms with Gasteiger partial charge in [0, 0.05) is 49.0 Å². The molecule has 0 atom stereocenters. The van der Waals surface area contributed by atoms with Crippen molar-refractivity contribution in [2.24, 2.45) is 0 Å². The molecule has 3 aromatic rings. The summed E-state index contributed by atoms with van der Waals surface area (Å²) in [7, 11) is 3.47. The highest BCUT2D eigenvalue weighted by molar-refractivity contribution is 6.30. The Morgan fingerprint density at radius 2 is 1.62 bits per heavy atom. The highest BCUT2D eigenvalue weighted by Crippen LogP contribution is 2.28. The average Bonchev–Trinajstić information content (AvgIpc) is 3.03. The van der Waals surface area contributed by atoms with Crippen molar-refractivity contribution in [2.75, 3.05) is 20.6 Å². The minimum absolute atomic E-state index is 0.0367. The second kappa shape index (κ2) is 10.4. The summed E-state index contributed by atoms with van der Waals surface area (Å²) in [5.41, 5.74) is 5.29. The number of hydrogen-bond donors (Lipinski definition) is 0. The monoisotopic (exact) mass is 478 g/mol. The predicted molar refractivity (Wildman–Crippen MR) is 135 cm³/mol. The lowest BCUT2D eigenvalue weighted by atomic mass is 10.1. The van der Waals surface area contributed by atoms with E-state index in [1.54, 1.807) is 19.0 Å². The Morgan fingerprint density at radius 1 is 0.941 bits per heavy atom. The first kappa shape index (κ1) is 24.0. The second-order valence-corrected chi connectivity index (χ2v) is 9.38. The Morgan fingerprint density at radius 3 is 2.26 bits per heavy atom. The van der Waals surface area contributed by atoms with Gasteiger partial charge in [-0.3, -0.25) is 9.59 Å². The first-order valence-corrected chi connectivity index (χ1v) is 12.2. The molecule has 1 aliphatic rings. The fourth-order valence-corrected chi connectivity index (χ4v) is 4.58. The third-order valence-electron chi connectivity index (χ3n) is 6.35. The lowest BCUT2D eigenvalue weighted by Gasteiger charge is -2.21. The van der Waals surface area contributed by atoms with Crippen LogP contribution in [0, 0.1) is 0 Å². The quantitative estimate of drug-likeness (QED) is 0.460. The number of hydrogen-bond acceptors (Lipinski definition) is 3. The van der Waals surface area contributed by atoms with E-state index in [-0.39, 0.29) is 11.8 Å². The van der Waals surface area contributed by atoms with E-state index in [1.807, 2.05) is 65.0 Å². The lowest BCUT2D eigenvalue weighted by molar-refractivity contribution is 0.0744. The molecule has 2 aromatic carbocycles. The van der Waals surface area contributed by atoms with Crippen LogP contribution in [0.25, 0.3) is 5.69 Å². The summed E-state index contributed by atoms with van der Waals surface area (Å²) < 4.78 is 1.93. The van der Waals surface area contributed by atoms with Crippen molar-refractivity contribution < 1.29 is 9.59 Å². The van der Waals surface area contributed by atoms with Crippen LogP contribution in [-0.4, -0.2) is 52.0 Å². The van der Waals surface area contributed by atoms with Gasteiger partial charge < -0.3 is 9.80 Å². The molecule has 1 heterocycles. The van der Waals surface area contributed by atoms with Crippen LogP contribution in [0.5, 0.6) is 0 Å². The van der Waals surface area contributed by atoms with Crippen molar-refractivity contribution in [3.63, 3.8) is 0 Å². The molecule has 178 valence electrons. The summed E-state index contributed by atoms with van der Waals surface area (Å²) in [5, 5.41) is 5.51. The van der Waals surface area contributed by atoms with Crippen molar-refractivity contribution in [3.05, 3.63) is 81.6 Å². The Kier molecular flexibility index (Phi) is 7.37. The molecule has 2 amide bonds. The first-order valence-electron chi connectivity index (χ1n) is 11.9. The number of carbonyl (C=O) groups is 2. The third kappa shape index (κ3) is 5.02. The van der Waals surface area contributed by atoms with Crippen molar-refractivity contribution in [3.8, 4) is 5.69 Å². The molecular formula is C27H31ClN4O2. The van der Waals surface area contributed by atoms with Gasteiger partial charge >= 0.3 is 0 Å². The van der Waals surface area contributed by atoms with Crippen LogP contribution >= 0.6 is 11.6 Å². The van der Waals surface area contributed by atoms with Gasteiger partial charge in [-0.2, -0.15) is 5.10 Å². The van der Waals surface area contributed by atoms with Gasteiger partial charge in [-0.15, -0.1) is 0 Å². The molecule has 0 unspecified atom stereocenters. The Labute approximate surface area is 206 Å². The van der Waals surface area contributed by atoms with Crippen LogP contribution in [-0.2, 0) is 19.4 Å². The minimum Gasteiger partial charge on any atom is -0.345 e. The van der Waals surface area contributed by atoms with Gasteiger partial charge in [0.15, 0.2) is 5.69 Å². The molecule has 0 fully saturated rings. The Balaban J connectivity index is 1.63. The maximum absolute atomic E-state index is 13.7. The van der Waals surface area contributed by atoms with Crippen molar-refractivity contribution in [1.82, 2.24) is 19.6 Å². The average molecular weight is 479 g/mol. The molecule has 6 nitrogen and oxygen atoms in total. The molecule has 0 saturated carbocycles. The molecule has 34 heavy (non-hydrogen) atoms. The van der Waals surface area contributed by atoms with Gasteiger partial charge in [-0.05, 0) is 74.6 Å². The molecule has 0 radical (unpaired) electrons. The van der Waals surface area contributed by atoms with Crippen LogP contribution < -0.4 is 0 Å². The first-order chi connectivity index (χ1) is 16.4. The van der Waals surface area contributed by atoms with Gasteiger partial charge in [0.2, 0.25) is 0 Å². The lowest BCUT2D eigenvalue weighted by Crippen LogP contribution is -2.31. The summed E-state index contributed by atoms with van der Waals surface area (Å²) in [5.74, 6) is -0.0905. The fraction of sp³-hybridized carbons (Fsp3) is 0.370. The highest BCUT2D eigenvalue weighted by Gasteiger charge is 2.27. The van der Waals surface area contributed by atoms with E-state index in [4.69, 9.17) is 16.7 Å². The Bertz CT molecular complexity index is 1170. The number of amides is 2. The number of rotatable bonds is 6. The maximum atomic E-state index is 13.7. The SMILES string of the molecule is CCN(Cc1ccc(C(=O)N(C)C)cc1)C(=O)c1nn(-c2ccc(Cl)cc2)c2c1CCCCC2. The van der Waals surface area contributed by atoms with E-state index >= 15 is 0 Å². The Hall–Kier alpha value is -3.12. The molecule has 0 N–H and O–H groups in total. The zero-order valence-corrected chi connectivity index (χ0v) is 20.8. The fourth-order valence-electron chi connectivity index (χ4n) is 4.45. The molecular weight excluding hydrogens is 448 g/mol. The number of halogens is 1. The van der Waals surface area contributed by atoms with Gasteiger partial charge in [-0.25, -0.2) is 4.68 Å². The topological polar surface area (TPSA) is 58.4 Å². The largest absolute Gasteiger partial charge is 0.345 e. The van der Waals surface area contributed by atoms with Crippen LogP contribution in [0.3, 0.4) is 0 Å². The minimum atomic E-state index is -0.0539. The number of fused-ring (bicyclic) bond motifs is 1. The molecule has 0 bridgehead atoms. The van der Waals surface area contributed by atoms with Crippen LogP contribution in [0.4, 0.5) is 0 Å². The van der Waals surface area contributed by atoms with Crippen LogP contribution in [0.2, 0.25) is 5.02 Å². The molecule has 0 spiro atoms. The van der Waals surface area contributed by atoms with Crippen LogP contribution in [0.1, 0.15) is 63.9 Å². The summed E-state index contributed by atoms with van der Waals surface area (Å²) in [6.45, 7) is 3.02. The van der Waals surface area contributed by atoms with Crippen molar-refractivity contribution >= 4 is 23.4 Å². The van der Waals surface area contributed by atoms with E-state index in [1.165, 1.54) is 0 Å². The van der Waals surface area contributed by atoms with E-state index in [9.17, 15) is 9.59 Å². The molecule has 1 aromatic heterocycles. The maximum Gasteiger partial charge on any atom is 0.274 e. The number of aromatic nitrogens is 2. The predicted octanol–water partition coefficient (Wildman–Crippen LogP) is 5.16. The van der Waals surface area contributed by atoms with Crippen molar-refractivity contribution in [2.45, 2.75) is 45.6 Å². The van der Waals surface area contributed by atoms with Gasteiger partial charge in [0.1, 0.15) is 0 Å². The van der Waals surface area contributed by atoms with Gasteiger partial charge in [0.25, 0.3) is 11.8 Å². The molecule has 1 aliphatic carbocycles. The highest BCUT2D eigenvalue weighted by atomic mass is 35.5. The number of carbonyl (C=O) groups excluding carboxylic acids is 2. The molecule has 0 aliphatic heterocycles. The van der Waals surface area contributed by atoms with E-state index in [2.05, 4.69) is 0 Å². The summed E-state index contributed by atoms with van der Waals surface area (Å²) >= 11 is 6.09. The summed E-state index contributed by atoms with van der Waals surface area (Å²) in [6, 6.07) is 15.1.